The van der Waals surface area contributed by atoms with Crippen LogP contribution in [0.5, 0.6) is 5.75 Å². The molecule has 0 aliphatic carbocycles. The highest BCUT2D eigenvalue weighted by molar-refractivity contribution is 7.80. The van der Waals surface area contributed by atoms with Gasteiger partial charge < -0.3 is 75.3 Å². The van der Waals surface area contributed by atoms with Crippen LogP contribution >= 0.6 is 25.3 Å². The van der Waals surface area contributed by atoms with Gasteiger partial charge in [-0.3, -0.25) is 47.9 Å². The lowest BCUT2D eigenvalue weighted by molar-refractivity contribution is -0.141. The van der Waals surface area contributed by atoms with Crippen molar-refractivity contribution in [1.29, 1.82) is 0 Å². The zero-order chi connectivity index (χ0) is 54.2. The normalized spacial score (nSPS) is 15.9. The van der Waals surface area contributed by atoms with Crippen molar-refractivity contribution in [3.05, 3.63) is 65.7 Å². The fourth-order valence-electron chi connectivity index (χ4n) is 7.54. The topological polar surface area (TPSA) is 420 Å². The third-order valence-corrected chi connectivity index (χ3v) is 12.2. The number of primary amides is 2. The number of carbonyl (C=O) groups excluding carboxylic acids is 10. The van der Waals surface area contributed by atoms with Crippen molar-refractivity contribution in [2.75, 3.05) is 31.1 Å². The Morgan fingerprint density at radius 3 is 1.71 bits per heavy atom. The lowest BCUT2D eigenvalue weighted by Crippen LogP contribution is -2.60. The molecule has 0 radical (unpaired) electrons. The van der Waals surface area contributed by atoms with Crippen LogP contribution in [0.3, 0.4) is 0 Å². The van der Waals surface area contributed by atoms with Crippen LogP contribution in [0.15, 0.2) is 54.6 Å². The van der Waals surface area contributed by atoms with Crippen molar-refractivity contribution in [2.45, 2.75) is 113 Å². The Balaban J connectivity index is 1.87. The largest absolute Gasteiger partial charge is 0.508 e. The fourth-order valence-corrected chi connectivity index (χ4v) is 7.94. The number of phenols is 1. The van der Waals surface area contributed by atoms with Crippen molar-refractivity contribution >= 4 is 90.3 Å². The van der Waals surface area contributed by atoms with E-state index < -0.39 is 139 Å². The highest BCUT2D eigenvalue weighted by Gasteiger charge is 2.37. The van der Waals surface area contributed by atoms with Gasteiger partial charge in [0.15, 0.2) is 0 Å². The van der Waals surface area contributed by atoms with Crippen molar-refractivity contribution in [1.82, 2.24) is 42.1 Å². The molecule has 1 fully saturated rings. The molecule has 1 heterocycles. The molecule has 27 heteroatoms. The summed E-state index contributed by atoms with van der Waals surface area (Å²) in [6.45, 7) is -0.164. The third-order valence-electron chi connectivity index (χ3n) is 11.4. The number of thiol groups is 2. The maximum atomic E-state index is 14.1. The molecular formula is C46H66N12O13S2. The van der Waals surface area contributed by atoms with Gasteiger partial charge in [-0.25, -0.2) is 4.79 Å². The van der Waals surface area contributed by atoms with Crippen molar-refractivity contribution in [3.8, 4) is 5.75 Å². The van der Waals surface area contributed by atoms with Gasteiger partial charge in [-0.1, -0.05) is 42.5 Å². The van der Waals surface area contributed by atoms with E-state index in [2.05, 4.69) is 62.5 Å². The van der Waals surface area contributed by atoms with Gasteiger partial charge in [-0.05, 0) is 68.3 Å². The highest BCUT2D eigenvalue weighted by Crippen LogP contribution is 2.19. The van der Waals surface area contributed by atoms with E-state index in [0.717, 1.165) is 0 Å². The molecule has 1 saturated heterocycles. The molecule has 0 bridgehead atoms. The van der Waals surface area contributed by atoms with Gasteiger partial charge in [0.1, 0.15) is 48.0 Å². The minimum absolute atomic E-state index is 0.0499. The number of nitrogens with one attached hydrogen (secondary N) is 7. The Morgan fingerprint density at radius 1 is 0.644 bits per heavy atom. The number of aromatic hydroxyl groups is 1. The molecule has 0 spiro atoms. The van der Waals surface area contributed by atoms with Crippen LogP contribution in [0, 0.1) is 0 Å². The predicted molar refractivity (Wildman–Crippen MR) is 270 cm³/mol. The van der Waals surface area contributed by atoms with Crippen LogP contribution in [0.4, 0.5) is 0 Å². The zero-order valence-electron chi connectivity index (χ0n) is 40.0. The molecule has 0 saturated carbocycles. The van der Waals surface area contributed by atoms with Crippen LogP contribution in [-0.2, 0) is 65.6 Å². The molecule has 3 rings (SSSR count). The second-order valence-corrected chi connectivity index (χ2v) is 17.9. The second-order valence-electron chi connectivity index (χ2n) is 17.2. The minimum atomic E-state index is -1.81. The molecule has 1 aliphatic rings. The number of benzene rings is 2. The van der Waals surface area contributed by atoms with Crippen LogP contribution in [0.2, 0.25) is 0 Å². The summed E-state index contributed by atoms with van der Waals surface area (Å²) in [5, 5.41) is 36.5. The number of unbranched alkanes of at least 4 members (excludes halogenated alkanes) is 1. The summed E-state index contributed by atoms with van der Waals surface area (Å²) in [6, 6.07) is 2.89. The molecule has 17 N–H and O–H groups in total. The van der Waals surface area contributed by atoms with Gasteiger partial charge in [-0.2, -0.15) is 25.3 Å². The summed E-state index contributed by atoms with van der Waals surface area (Å²) in [5.74, 6) is -10.7. The Bertz CT molecular complexity index is 2260. The number of nitrogens with two attached hydrogens (primary N) is 4. The Morgan fingerprint density at radius 2 is 1.16 bits per heavy atom. The van der Waals surface area contributed by atoms with Crippen molar-refractivity contribution in [3.63, 3.8) is 0 Å². The molecule has 400 valence electrons. The smallest absolute Gasteiger partial charge is 0.327 e. The van der Waals surface area contributed by atoms with Crippen molar-refractivity contribution < 1.29 is 63.0 Å². The summed E-state index contributed by atoms with van der Waals surface area (Å²) in [4.78, 5) is 146. The van der Waals surface area contributed by atoms with Crippen LogP contribution in [0.25, 0.3) is 0 Å². The van der Waals surface area contributed by atoms with Crippen LogP contribution < -0.4 is 60.2 Å². The molecule has 10 amide bonds. The monoisotopic (exact) mass is 1060 g/mol. The Labute approximate surface area is 432 Å². The van der Waals surface area contributed by atoms with E-state index in [4.69, 9.17) is 22.9 Å². The van der Waals surface area contributed by atoms with E-state index in [0.29, 0.717) is 30.4 Å². The molecule has 0 unspecified atom stereocenters. The molecule has 73 heavy (non-hydrogen) atoms. The fraction of sp³-hybridized carbons (Fsp3) is 0.500. The first-order chi connectivity index (χ1) is 34.7. The van der Waals surface area contributed by atoms with Gasteiger partial charge in [0, 0.05) is 37.3 Å². The molecule has 1 aliphatic heterocycles. The van der Waals surface area contributed by atoms with Crippen LogP contribution in [-0.4, -0.2) is 160 Å². The van der Waals surface area contributed by atoms with Crippen molar-refractivity contribution in [2.24, 2.45) is 22.9 Å². The van der Waals surface area contributed by atoms with E-state index >= 15 is 0 Å². The number of carbonyl (C=O) groups is 11. The zero-order valence-corrected chi connectivity index (χ0v) is 41.7. The summed E-state index contributed by atoms with van der Waals surface area (Å²) < 4.78 is 0. The average Bonchev–Trinajstić information content (AvgIpc) is 3.85. The van der Waals surface area contributed by atoms with Crippen LogP contribution in [0.1, 0.15) is 62.5 Å². The number of hydrogen-bond donors (Lipinski definition) is 15. The standard InChI is InChI=1S/C46H66N12O13S2/c47-17-5-4-9-29(53-41(65)31(20-26-11-13-27(59)14-12-26)52-38(62)22-51-44(68)35-10-6-18-58(35)45(69)28(48)23-72)39(63)56-33(21-37(50)61)43(67)54-30(15-16-36(49)60)40(64)55-32(19-25-7-2-1-3-8-25)42(66)57-34(24-73)46(70)71/h1-3,7-8,11-14,28-35,59,72-73H,4-6,9-10,15-24,47-48H2,(H2,49,60)(H2,50,61)(H,51,68)(H,52,62)(H,53,65)(H,54,67)(H,55,64)(H,56,63)(H,57,66)(H,70,71)/t28-,29-,30-,31-,32-,33-,34-,35-/m0/s1. The first kappa shape index (κ1) is 60.3. The number of likely N-dealkylation sites (tertiary alicyclic amines) is 1. The van der Waals surface area contributed by atoms with Gasteiger partial charge in [0.05, 0.1) is 19.0 Å². The summed E-state index contributed by atoms with van der Waals surface area (Å²) >= 11 is 8.03. The molecular weight excluding hydrogens is 993 g/mol. The van der Waals surface area contributed by atoms with Gasteiger partial charge >= 0.3 is 5.97 Å². The number of aliphatic carboxylic acids is 1. The quantitative estimate of drug-likeness (QED) is 0.0251. The van der Waals surface area contributed by atoms with Gasteiger partial charge in [0.2, 0.25) is 59.1 Å². The molecule has 8 atom stereocenters. The lowest BCUT2D eigenvalue weighted by Gasteiger charge is -2.27. The highest BCUT2D eigenvalue weighted by atomic mass is 32.1. The predicted octanol–water partition coefficient (Wildman–Crippen LogP) is -4.27. The summed E-state index contributed by atoms with van der Waals surface area (Å²) in [7, 11) is 0. The van der Waals surface area contributed by atoms with E-state index in [1.807, 2.05) is 0 Å². The molecule has 0 aromatic heterocycles. The number of amides is 10. The number of rotatable bonds is 31. The van der Waals surface area contributed by atoms with E-state index in [-0.39, 0.29) is 56.0 Å². The maximum Gasteiger partial charge on any atom is 0.327 e. The number of carboxylic acid groups (broad SMARTS) is 1. The Hall–Kier alpha value is -6.97. The average molecular weight is 1060 g/mol. The number of nitrogens with zero attached hydrogens (tertiary/aromatic N) is 1. The molecule has 2 aromatic carbocycles. The number of carboxylic acids is 1. The number of phenolic OH excluding ortho intramolecular Hbond substituents is 1. The Kier molecular flexibility index (Phi) is 25.5. The maximum absolute atomic E-state index is 14.1. The first-order valence-corrected chi connectivity index (χ1v) is 24.6. The first-order valence-electron chi connectivity index (χ1n) is 23.4. The summed E-state index contributed by atoms with van der Waals surface area (Å²) in [5.41, 5.74) is 23.4. The molecule has 25 nitrogen and oxygen atoms in total. The van der Waals surface area contributed by atoms with E-state index in [9.17, 15) is 63.0 Å². The number of hydrogen-bond acceptors (Lipinski definition) is 16. The molecule has 2 aromatic rings. The summed E-state index contributed by atoms with van der Waals surface area (Å²) in [6.07, 6.45) is -0.759. The van der Waals surface area contributed by atoms with E-state index in [1.165, 1.54) is 29.2 Å². The van der Waals surface area contributed by atoms with Gasteiger partial charge in [-0.15, -0.1) is 0 Å². The van der Waals surface area contributed by atoms with Gasteiger partial charge in [0.25, 0.3) is 0 Å². The minimum Gasteiger partial charge on any atom is -0.508 e. The third kappa shape index (κ3) is 20.6. The second kappa shape index (κ2) is 30.8. The SMILES string of the molecule is NCCCC[C@H](NC(=O)[C@H](Cc1ccc(O)cc1)NC(=O)CNC(=O)[C@@H]1CCCN1C(=O)[C@@H](N)CS)C(=O)N[C@@H](CC(N)=O)C(=O)N[C@@H](CCC(N)=O)C(=O)N[C@@H](Cc1ccccc1)C(=O)N[C@@H](CS)C(=O)O. The van der Waals surface area contributed by atoms with E-state index in [1.54, 1.807) is 30.3 Å². The lowest BCUT2D eigenvalue weighted by atomic mass is 10.0.